The Balaban J connectivity index is 0.974. The molecule has 0 saturated heterocycles. The van der Waals surface area contributed by atoms with Gasteiger partial charge in [-0.05, 0) is 74.5 Å². The third kappa shape index (κ3) is 5.86. The molecule has 0 bridgehead atoms. The van der Waals surface area contributed by atoms with Crippen LogP contribution in [0.4, 0.5) is 0 Å². The summed E-state index contributed by atoms with van der Waals surface area (Å²) in [4.78, 5) is 15.9. The second-order valence-electron chi connectivity index (χ2n) is 17.9. The van der Waals surface area contributed by atoms with Crippen molar-refractivity contribution in [2.24, 2.45) is 0 Å². The largest absolute Gasteiger partial charge is 0.456 e. The molecule has 0 amide bonds. The van der Waals surface area contributed by atoms with E-state index in [-0.39, 0.29) is 0 Å². The molecule has 6 heteroatoms. The molecule has 5 nitrogen and oxygen atoms in total. The Kier molecular flexibility index (Phi) is 8.17. The molecule has 4 heterocycles. The van der Waals surface area contributed by atoms with Crippen molar-refractivity contribution < 1.29 is 4.42 Å². The van der Waals surface area contributed by atoms with Crippen LogP contribution in [0.15, 0.2) is 223 Å². The van der Waals surface area contributed by atoms with Crippen LogP contribution in [-0.4, -0.2) is 19.5 Å². The highest BCUT2D eigenvalue weighted by Crippen LogP contribution is 2.46. The molecule has 0 fully saturated rings. The summed E-state index contributed by atoms with van der Waals surface area (Å²) >= 11 is 1.79. The lowest BCUT2D eigenvalue weighted by molar-refractivity contribution is 0.669. The number of aromatic nitrogens is 4. The van der Waals surface area contributed by atoms with Crippen LogP contribution in [0.3, 0.4) is 0 Å². The van der Waals surface area contributed by atoms with Crippen LogP contribution in [0.1, 0.15) is 0 Å². The summed E-state index contributed by atoms with van der Waals surface area (Å²) in [6.07, 6.45) is 0. The zero-order chi connectivity index (χ0) is 45.2. The fraction of sp³-hybridized carbons (Fsp3) is 0. The van der Waals surface area contributed by atoms with Crippen molar-refractivity contribution in [2.45, 2.75) is 0 Å². The van der Waals surface area contributed by atoms with Crippen molar-refractivity contribution in [1.82, 2.24) is 19.5 Å². The van der Waals surface area contributed by atoms with Crippen LogP contribution in [0.2, 0.25) is 0 Å². The van der Waals surface area contributed by atoms with Gasteiger partial charge in [-0.25, -0.2) is 15.0 Å². The number of fused-ring (bicyclic) bond motifs is 14. The van der Waals surface area contributed by atoms with Gasteiger partial charge in [0, 0.05) is 69.9 Å². The zero-order valence-corrected chi connectivity index (χ0v) is 37.7. The van der Waals surface area contributed by atoms with Gasteiger partial charge in [0.1, 0.15) is 11.2 Å². The summed E-state index contributed by atoms with van der Waals surface area (Å²) in [5, 5.41) is 14.0. The first-order valence-corrected chi connectivity index (χ1v) is 24.1. The predicted octanol–water partition coefficient (Wildman–Crippen LogP) is 17.4. The minimum absolute atomic E-state index is 0.584. The van der Waals surface area contributed by atoms with Crippen LogP contribution >= 0.6 is 11.3 Å². The monoisotopic (exact) mass is 896 g/mol. The maximum Gasteiger partial charge on any atom is 0.164 e. The van der Waals surface area contributed by atoms with E-state index >= 15 is 0 Å². The van der Waals surface area contributed by atoms with E-state index < -0.39 is 0 Å². The SMILES string of the molecule is c1ccc(-c2ccc(-c3nc(-c4ccc5c(c4)sc4ccccc45)nc(-c4cccc5oc6cc(-n7c8cc9ccccc9cc8c8c9ccccc9ccc87)c7ccccc7c6c45)n3)cc2)cc1. The van der Waals surface area contributed by atoms with E-state index in [2.05, 4.69) is 211 Å². The molecular formula is C63H36N4OS. The summed E-state index contributed by atoms with van der Waals surface area (Å²) in [5.74, 6) is 1.81. The van der Waals surface area contributed by atoms with Crippen molar-refractivity contribution in [3.8, 4) is 51.0 Å². The van der Waals surface area contributed by atoms with Gasteiger partial charge in [0.25, 0.3) is 0 Å². The molecule has 0 atom stereocenters. The number of thiophene rings is 1. The molecule has 0 spiro atoms. The highest BCUT2D eigenvalue weighted by Gasteiger charge is 2.24. The molecule has 320 valence electrons. The van der Waals surface area contributed by atoms with Crippen LogP contribution in [0.25, 0.3) is 147 Å². The van der Waals surface area contributed by atoms with Gasteiger partial charge in [-0.15, -0.1) is 11.3 Å². The smallest absolute Gasteiger partial charge is 0.164 e. The highest BCUT2D eigenvalue weighted by atomic mass is 32.1. The van der Waals surface area contributed by atoms with Crippen LogP contribution < -0.4 is 0 Å². The quantitative estimate of drug-likeness (QED) is 0.173. The number of hydrogen-bond donors (Lipinski definition) is 0. The molecule has 0 aliphatic carbocycles. The van der Waals surface area contributed by atoms with Gasteiger partial charge in [0.15, 0.2) is 17.5 Å². The molecule has 0 saturated carbocycles. The van der Waals surface area contributed by atoms with Gasteiger partial charge in [0.05, 0.1) is 16.7 Å². The van der Waals surface area contributed by atoms with E-state index in [0.717, 1.165) is 77.2 Å². The average Bonchev–Trinajstić information content (AvgIpc) is 4.09. The number of nitrogens with zero attached hydrogens (tertiary/aromatic N) is 4. The van der Waals surface area contributed by atoms with Crippen molar-refractivity contribution in [3.63, 3.8) is 0 Å². The molecule has 0 aliphatic rings. The minimum atomic E-state index is 0.584. The van der Waals surface area contributed by atoms with E-state index in [0.29, 0.717) is 17.5 Å². The van der Waals surface area contributed by atoms with E-state index in [1.54, 1.807) is 11.3 Å². The first kappa shape index (κ1) is 38.2. The minimum Gasteiger partial charge on any atom is -0.456 e. The van der Waals surface area contributed by atoms with Crippen molar-refractivity contribution in [2.75, 3.05) is 0 Å². The molecule has 69 heavy (non-hydrogen) atoms. The predicted molar refractivity (Wildman–Crippen MR) is 289 cm³/mol. The van der Waals surface area contributed by atoms with E-state index in [1.807, 2.05) is 12.1 Å². The lowest BCUT2D eigenvalue weighted by Crippen LogP contribution is -2.00. The number of benzene rings is 11. The lowest BCUT2D eigenvalue weighted by Gasteiger charge is -2.13. The second-order valence-corrected chi connectivity index (χ2v) is 19.0. The fourth-order valence-corrected chi connectivity index (χ4v) is 12.0. The van der Waals surface area contributed by atoms with Crippen molar-refractivity contribution >= 4 is 108 Å². The van der Waals surface area contributed by atoms with Gasteiger partial charge in [-0.3, -0.25) is 0 Å². The van der Waals surface area contributed by atoms with Gasteiger partial charge >= 0.3 is 0 Å². The van der Waals surface area contributed by atoms with E-state index in [1.165, 1.54) is 52.5 Å². The van der Waals surface area contributed by atoms with Gasteiger partial charge in [-0.1, -0.05) is 176 Å². The molecule has 0 unspecified atom stereocenters. The van der Waals surface area contributed by atoms with Crippen LogP contribution in [0, 0.1) is 0 Å². The topological polar surface area (TPSA) is 56.7 Å². The van der Waals surface area contributed by atoms with Crippen LogP contribution in [-0.2, 0) is 0 Å². The fourth-order valence-electron chi connectivity index (χ4n) is 10.8. The standard InChI is InChI=1S/C63H36N4OS/c1-2-13-37(14-3-1)38-25-27-40(28-26-38)61-64-62(43-29-31-47-46-20-10-11-24-56(46)69-57(47)35-43)66-63(65-61)49-22-12-23-54-60(49)59-48-21-9-8-19-45(48)53(36-55(59)68-54)67-51-32-30-39-15-6-7-18-44(39)58(51)50-33-41-16-4-5-17-42(41)34-52(50)67/h1-36H. The summed E-state index contributed by atoms with van der Waals surface area (Å²) in [6.45, 7) is 0. The Bertz CT molecular complexity index is 4600. The zero-order valence-electron chi connectivity index (χ0n) is 36.9. The first-order chi connectivity index (χ1) is 34.2. The molecule has 4 aromatic heterocycles. The Hall–Kier alpha value is -8.97. The Morgan fingerprint density at radius 3 is 1.81 bits per heavy atom. The Labute approximate surface area is 398 Å². The third-order valence-corrected chi connectivity index (χ3v) is 15.1. The van der Waals surface area contributed by atoms with E-state index in [9.17, 15) is 0 Å². The molecule has 11 aromatic carbocycles. The molecule has 0 radical (unpaired) electrons. The first-order valence-electron chi connectivity index (χ1n) is 23.2. The lowest BCUT2D eigenvalue weighted by atomic mass is 9.99. The molecular weight excluding hydrogens is 861 g/mol. The molecule has 0 aliphatic heterocycles. The summed E-state index contributed by atoms with van der Waals surface area (Å²) in [6, 6.07) is 77.9. The third-order valence-electron chi connectivity index (χ3n) is 14.0. The summed E-state index contributed by atoms with van der Waals surface area (Å²) < 4.78 is 11.9. The molecule has 0 N–H and O–H groups in total. The van der Waals surface area contributed by atoms with Gasteiger partial charge in [-0.2, -0.15) is 0 Å². The molecule has 15 aromatic rings. The van der Waals surface area contributed by atoms with Gasteiger partial charge in [0.2, 0.25) is 0 Å². The summed E-state index contributed by atoms with van der Waals surface area (Å²) in [7, 11) is 0. The van der Waals surface area contributed by atoms with Crippen molar-refractivity contribution in [3.05, 3.63) is 218 Å². The normalized spacial score (nSPS) is 12.1. The second kappa shape index (κ2) is 14.8. The van der Waals surface area contributed by atoms with Crippen LogP contribution in [0.5, 0.6) is 0 Å². The highest BCUT2D eigenvalue weighted by molar-refractivity contribution is 7.25. The summed E-state index contributed by atoms with van der Waals surface area (Å²) in [5.41, 5.74) is 9.94. The van der Waals surface area contributed by atoms with Crippen molar-refractivity contribution in [1.29, 1.82) is 0 Å². The Morgan fingerprint density at radius 2 is 0.971 bits per heavy atom. The van der Waals surface area contributed by atoms with E-state index in [4.69, 9.17) is 19.4 Å². The maximum atomic E-state index is 7.00. The Morgan fingerprint density at radius 1 is 0.333 bits per heavy atom. The maximum absolute atomic E-state index is 7.00. The van der Waals surface area contributed by atoms with Gasteiger partial charge < -0.3 is 8.98 Å². The molecule has 15 rings (SSSR count). The number of furan rings is 1. The number of hydrogen-bond acceptors (Lipinski definition) is 5. The average molecular weight is 897 g/mol. The number of rotatable bonds is 5.